The maximum absolute atomic E-state index is 13.4. The Bertz CT molecular complexity index is 1150. The summed E-state index contributed by atoms with van der Waals surface area (Å²) in [6, 6.07) is 0. The van der Waals surface area contributed by atoms with Crippen LogP contribution < -0.4 is 0 Å². The van der Waals surface area contributed by atoms with Crippen LogP contribution in [0.15, 0.2) is 0 Å². The number of hydrogen-bond donors (Lipinski definition) is 1. The fourth-order valence-electron chi connectivity index (χ4n) is 4.71. The molecular weight excluding hydrogens is 960 g/mol. The third-order valence-electron chi connectivity index (χ3n) is 7.35. The largest absolute Gasteiger partial charge is 0.452 e. The third kappa shape index (κ3) is 15.9. The standard InChI is InChI=1S/C6H10F2O5P2.C6H12F2O3P2.C5H10F2O4P2.C5H8F2O4P2.C2H4O/c7-6(8)4(13-15)3(1-11-14)12-5(6)10-2-9;1-3-6(7,8)5(11-13)4(10-3)2-9-12;2*6-5(7)3(11-13)2(1-9-12)10-4(5)8;1-2-3/h2-5H,1,14-15H2;3-5H,2,12-13H2,1H3;2-4,8H,1,12-13H2;2-3H,1,12-13H2;2H,1H3/t3-,4?,5-;3-,4-,5?;2-,3?,4?;2-,3?;/m1111./s1. The molecule has 4 aliphatic rings. The summed E-state index contributed by atoms with van der Waals surface area (Å²) in [7, 11) is 14.6. The van der Waals surface area contributed by atoms with Gasteiger partial charge >= 0.3 is 29.7 Å². The summed E-state index contributed by atoms with van der Waals surface area (Å²) in [5.41, 5.74) is 0. The van der Waals surface area contributed by atoms with Crippen molar-refractivity contribution in [3.05, 3.63) is 0 Å². The van der Waals surface area contributed by atoms with Crippen LogP contribution in [-0.4, -0.2) is 141 Å². The normalized spacial score (nSPS) is 33.8. The van der Waals surface area contributed by atoms with E-state index in [0.29, 0.717) is 0 Å². The highest BCUT2D eigenvalue weighted by atomic mass is 31.0. The molecule has 338 valence electrons. The number of carbonyl (C=O) groups is 3. The predicted octanol–water partition coefficient (Wildman–Crippen LogP) is 2.95. The van der Waals surface area contributed by atoms with E-state index in [1.54, 1.807) is 28.4 Å². The second-order valence-electron chi connectivity index (χ2n) is 11.0. The molecule has 0 aromatic heterocycles. The van der Waals surface area contributed by atoms with Crippen LogP contribution in [-0.2, 0) is 74.3 Å². The summed E-state index contributed by atoms with van der Waals surface area (Å²) >= 11 is 0. The molecular formula is C24H44F8O17P8. The van der Waals surface area contributed by atoms with Crippen molar-refractivity contribution >= 4 is 94.5 Å². The zero-order valence-corrected chi connectivity index (χ0v) is 38.7. The quantitative estimate of drug-likeness (QED) is 0.116. The molecule has 0 radical (unpaired) electrons. The van der Waals surface area contributed by atoms with Gasteiger partial charge in [-0.3, -0.25) is 4.79 Å². The van der Waals surface area contributed by atoms with Crippen LogP contribution in [0.5, 0.6) is 0 Å². The Hall–Kier alpha value is 1.01. The van der Waals surface area contributed by atoms with Crippen molar-refractivity contribution in [2.75, 3.05) is 26.4 Å². The average molecular weight is 1000 g/mol. The maximum Gasteiger partial charge on any atom is 0.380 e. The minimum atomic E-state index is -3.60. The molecule has 57 heavy (non-hydrogen) atoms. The molecule has 17 nitrogen and oxygen atoms in total. The van der Waals surface area contributed by atoms with Crippen molar-refractivity contribution in [2.45, 2.75) is 105 Å². The van der Waals surface area contributed by atoms with E-state index in [1.165, 1.54) is 13.8 Å². The summed E-state index contributed by atoms with van der Waals surface area (Å²) in [4.78, 5) is 29.4. The number of cyclic esters (lactones) is 1. The van der Waals surface area contributed by atoms with Gasteiger partial charge in [0.15, 0.2) is 30.5 Å². The van der Waals surface area contributed by atoms with Crippen LogP contribution in [0, 0.1) is 0 Å². The van der Waals surface area contributed by atoms with Crippen molar-refractivity contribution in [1.29, 1.82) is 0 Å². The number of aliphatic hydroxyl groups excluding tert-OH is 1. The van der Waals surface area contributed by atoms with Crippen molar-refractivity contribution < 1.29 is 114 Å². The van der Waals surface area contributed by atoms with Crippen LogP contribution in [0.4, 0.5) is 35.1 Å². The zero-order chi connectivity index (χ0) is 44.4. The van der Waals surface area contributed by atoms with E-state index in [0.717, 1.165) is 6.29 Å². The first-order chi connectivity index (χ1) is 26.6. The topological polar surface area (TPSA) is 191 Å². The number of ether oxygens (including phenoxy) is 5. The molecule has 4 aliphatic heterocycles. The molecule has 13 unspecified atom stereocenters. The van der Waals surface area contributed by atoms with Gasteiger partial charge in [-0.25, -0.2) is 13.6 Å². The monoisotopic (exact) mass is 1000 g/mol. The fraction of sp³-hybridized carbons (Fsp3) is 0.875. The van der Waals surface area contributed by atoms with Gasteiger partial charge in [0.2, 0.25) is 6.29 Å². The number of esters is 1. The second-order valence-corrected chi connectivity index (χ2v) is 13.4. The third-order valence-corrected chi connectivity index (χ3v) is 9.29. The summed E-state index contributed by atoms with van der Waals surface area (Å²) in [5, 5.41) is 8.83. The van der Waals surface area contributed by atoms with E-state index in [1.807, 2.05) is 47.3 Å². The molecule has 4 saturated heterocycles. The van der Waals surface area contributed by atoms with Gasteiger partial charge < -0.3 is 69.8 Å². The molecule has 4 heterocycles. The molecule has 1 N–H and O–H groups in total. The molecule has 0 aromatic rings. The summed E-state index contributed by atoms with van der Waals surface area (Å²) in [6.45, 7) is 2.39. The lowest BCUT2D eigenvalue weighted by Gasteiger charge is -2.20. The average Bonchev–Trinajstić information content (AvgIpc) is 3.68. The molecule has 33 heteroatoms. The van der Waals surface area contributed by atoms with E-state index in [-0.39, 0.29) is 32.9 Å². The van der Waals surface area contributed by atoms with Gasteiger partial charge in [-0.15, -0.1) is 0 Å². The van der Waals surface area contributed by atoms with E-state index >= 15 is 0 Å². The summed E-state index contributed by atoms with van der Waals surface area (Å²) in [5.74, 6) is -15.0. The molecule has 4 rings (SSSR count). The lowest BCUT2D eigenvalue weighted by atomic mass is 10.1. The fourth-order valence-corrected chi connectivity index (χ4v) is 6.89. The Labute approximate surface area is 340 Å². The maximum atomic E-state index is 13.4. The van der Waals surface area contributed by atoms with E-state index in [4.69, 9.17) is 19.4 Å². The number of rotatable bonds is 14. The highest BCUT2D eigenvalue weighted by molar-refractivity contribution is 7.11. The minimum absolute atomic E-state index is 0.0731. The first-order valence-electron chi connectivity index (χ1n) is 15.1. The van der Waals surface area contributed by atoms with Crippen LogP contribution >= 0.6 is 75.7 Å². The molecule has 0 spiro atoms. The second kappa shape index (κ2) is 27.9. The van der Waals surface area contributed by atoms with Gasteiger partial charge in [0.05, 0.1) is 26.4 Å². The van der Waals surface area contributed by atoms with Gasteiger partial charge in [-0.05, 0) is 13.8 Å². The highest BCUT2D eigenvalue weighted by Gasteiger charge is 2.62. The predicted molar refractivity (Wildman–Crippen MR) is 203 cm³/mol. The van der Waals surface area contributed by atoms with Gasteiger partial charge in [-0.2, -0.15) is 26.3 Å². The van der Waals surface area contributed by atoms with Crippen molar-refractivity contribution in [2.24, 2.45) is 0 Å². The van der Waals surface area contributed by atoms with Crippen LogP contribution in [0.25, 0.3) is 0 Å². The van der Waals surface area contributed by atoms with Gasteiger partial charge in [0, 0.05) is 75.7 Å². The summed E-state index contributed by atoms with van der Waals surface area (Å²) in [6.07, 6.45) is -14.1. The minimum Gasteiger partial charge on any atom is -0.452 e. The Morgan fingerprint density at radius 3 is 1.39 bits per heavy atom. The van der Waals surface area contributed by atoms with Crippen molar-refractivity contribution in [3.63, 3.8) is 0 Å². The smallest absolute Gasteiger partial charge is 0.380 e. The van der Waals surface area contributed by atoms with Crippen LogP contribution in [0.2, 0.25) is 0 Å². The molecule has 0 saturated carbocycles. The highest BCUT2D eigenvalue weighted by Crippen LogP contribution is 2.41. The molecule has 0 aromatic carbocycles. The molecule has 19 atom stereocenters. The van der Waals surface area contributed by atoms with Crippen LogP contribution in [0.1, 0.15) is 13.8 Å². The van der Waals surface area contributed by atoms with Crippen molar-refractivity contribution in [1.82, 2.24) is 0 Å². The molecule has 0 amide bonds. The molecule has 0 aliphatic carbocycles. The number of hydrogen-bond acceptors (Lipinski definition) is 17. The number of alkyl halides is 8. The van der Waals surface area contributed by atoms with Gasteiger partial charge in [-0.1, -0.05) is 0 Å². The molecule has 4 fully saturated rings. The van der Waals surface area contributed by atoms with Gasteiger partial charge in [0.25, 0.3) is 12.8 Å². The number of aliphatic hydroxyl groups is 1. The Morgan fingerprint density at radius 2 is 0.982 bits per heavy atom. The first-order valence-corrected chi connectivity index (χ1v) is 18.9. The number of carbonyl (C=O) groups excluding carboxylic acids is 3. The lowest BCUT2D eigenvalue weighted by molar-refractivity contribution is -0.213. The zero-order valence-electron chi connectivity index (χ0n) is 29.5. The van der Waals surface area contributed by atoms with Crippen molar-refractivity contribution in [3.8, 4) is 0 Å². The van der Waals surface area contributed by atoms with Gasteiger partial charge in [0.1, 0.15) is 30.7 Å². The Kier molecular flexibility index (Phi) is 28.4. The van der Waals surface area contributed by atoms with E-state index < -0.39 is 97.2 Å². The first kappa shape index (κ1) is 58.0. The number of halogens is 8. The van der Waals surface area contributed by atoms with Crippen LogP contribution in [0.3, 0.4) is 0 Å². The van der Waals surface area contributed by atoms with E-state index in [9.17, 15) is 44.7 Å². The molecule has 0 bridgehead atoms. The SMILES string of the molecule is CC=O.C[C@H]1O[C@H](COP)C(OP)C1(F)F.O=C1O[C@H](COP)C(OP)C1(F)F.O=CO[C@@H]1O[C@H](COP)C(OP)C1(F)F.OC1O[C@H](COP)C(OP)C1(F)F. The van der Waals surface area contributed by atoms with E-state index in [2.05, 4.69) is 50.4 Å². The summed E-state index contributed by atoms with van der Waals surface area (Å²) < 4.78 is 164. The Morgan fingerprint density at radius 1 is 0.614 bits per heavy atom. The lowest BCUT2D eigenvalue weighted by Crippen LogP contribution is -2.41. The number of aldehydes is 1. The Balaban J connectivity index is 0.000000717.